The molecule has 0 bridgehead atoms. The largest absolute Gasteiger partial charge is 0.459 e. The van der Waals surface area contributed by atoms with Gasteiger partial charge in [-0.15, -0.1) is 0 Å². The molecule has 0 saturated carbocycles. The number of aryl methyl sites for hydroxylation is 3. The molecule has 0 saturated heterocycles. The first-order valence-electron chi connectivity index (χ1n) is 7.29. The molecule has 0 amide bonds. The summed E-state index contributed by atoms with van der Waals surface area (Å²) in [5, 5.41) is 0. The summed E-state index contributed by atoms with van der Waals surface area (Å²) < 4.78 is 19.3. The fourth-order valence-electron chi connectivity index (χ4n) is 2.25. The number of aliphatic imine (C=N–C) groups is 1. The Kier molecular flexibility index (Phi) is 5.26. The van der Waals surface area contributed by atoms with Gasteiger partial charge in [-0.3, -0.25) is 0 Å². The Morgan fingerprint density at radius 1 is 1.22 bits per heavy atom. The van der Waals surface area contributed by atoms with Crippen molar-refractivity contribution in [2.24, 2.45) is 4.99 Å². The van der Waals surface area contributed by atoms with Gasteiger partial charge in [0.05, 0.1) is 12.5 Å². The molecule has 0 aliphatic rings. The number of nitrogens with zero attached hydrogens (tertiary/aromatic N) is 4. The summed E-state index contributed by atoms with van der Waals surface area (Å²) in [4.78, 5) is 13.5. The van der Waals surface area contributed by atoms with E-state index in [1.54, 1.807) is 19.0 Å². The van der Waals surface area contributed by atoms with Crippen LogP contribution in [-0.2, 0) is 6.61 Å². The molecule has 0 fully saturated rings. The second kappa shape index (κ2) is 7.17. The lowest BCUT2D eigenvalue weighted by atomic mass is 10.0. The Morgan fingerprint density at radius 3 is 2.48 bits per heavy atom. The molecule has 6 heteroatoms. The lowest BCUT2D eigenvalue weighted by Gasteiger charge is -2.12. The first kappa shape index (κ1) is 16.9. The summed E-state index contributed by atoms with van der Waals surface area (Å²) in [7, 11) is 3.59. The van der Waals surface area contributed by atoms with Crippen molar-refractivity contribution in [3.05, 3.63) is 46.4 Å². The van der Waals surface area contributed by atoms with Crippen molar-refractivity contribution in [3.8, 4) is 6.01 Å². The van der Waals surface area contributed by atoms with Gasteiger partial charge in [-0.25, -0.2) is 14.4 Å². The molecule has 0 aliphatic carbocycles. The molecule has 1 aromatic carbocycles. The van der Waals surface area contributed by atoms with Crippen LogP contribution in [0.1, 0.15) is 22.3 Å². The van der Waals surface area contributed by atoms with Crippen LogP contribution in [0.15, 0.2) is 23.3 Å². The Labute approximate surface area is 135 Å². The minimum atomic E-state index is -0.585. The summed E-state index contributed by atoms with van der Waals surface area (Å²) in [6.07, 6.45) is 2.54. The first-order chi connectivity index (χ1) is 10.9. The minimum Gasteiger partial charge on any atom is -0.459 e. The van der Waals surface area contributed by atoms with Gasteiger partial charge in [0.1, 0.15) is 6.61 Å². The van der Waals surface area contributed by atoms with Crippen molar-refractivity contribution >= 4 is 12.2 Å². The number of halogens is 1. The molecule has 1 aromatic heterocycles. The normalized spacial score (nSPS) is 11.0. The maximum Gasteiger partial charge on any atom is 0.318 e. The standard InChI is InChI=1S/C17H21FN4O/c1-11-6-12(2)14(13(3)7-11)9-23-17-19-8-15(18)16(21-17)20-10-22(4)5/h6-8,10H,9H2,1-5H3/b20-10+. The Morgan fingerprint density at radius 2 is 1.87 bits per heavy atom. The number of aromatic nitrogens is 2. The molecule has 5 nitrogen and oxygen atoms in total. The van der Waals surface area contributed by atoms with Crippen molar-refractivity contribution in [3.63, 3.8) is 0 Å². The molecular weight excluding hydrogens is 295 g/mol. The lowest BCUT2D eigenvalue weighted by molar-refractivity contribution is 0.278. The van der Waals surface area contributed by atoms with E-state index < -0.39 is 5.82 Å². The smallest absolute Gasteiger partial charge is 0.318 e. The zero-order valence-electron chi connectivity index (χ0n) is 14.1. The maximum atomic E-state index is 13.6. The number of ether oxygens (including phenoxy) is 1. The molecule has 0 N–H and O–H groups in total. The van der Waals surface area contributed by atoms with Gasteiger partial charge in [0, 0.05) is 14.1 Å². The van der Waals surface area contributed by atoms with Crippen LogP contribution in [0.2, 0.25) is 0 Å². The predicted octanol–water partition coefficient (Wildman–Crippen LogP) is 3.34. The third-order valence-electron chi connectivity index (χ3n) is 3.30. The van der Waals surface area contributed by atoms with Gasteiger partial charge in [-0.1, -0.05) is 17.7 Å². The van der Waals surface area contributed by atoms with Crippen molar-refractivity contribution in [2.75, 3.05) is 14.1 Å². The number of rotatable bonds is 5. The van der Waals surface area contributed by atoms with Gasteiger partial charge in [-0.05, 0) is 37.5 Å². The van der Waals surface area contributed by atoms with Crippen LogP contribution >= 0.6 is 0 Å². The highest BCUT2D eigenvalue weighted by Crippen LogP contribution is 2.20. The minimum absolute atomic E-state index is 0.0407. The summed E-state index contributed by atoms with van der Waals surface area (Å²) in [5.41, 5.74) is 4.59. The van der Waals surface area contributed by atoms with E-state index in [9.17, 15) is 4.39 Å². The van der Waals surface area contributed by atoms with Crippen molar-refractivity contribution in [1.29, 1.82) is 0 Å². The van der Waals surface area contributed by atoms with E-state index in [4.69, 9.17) is 4.74 Å². The van der Waals surface area contributed by atoms with Crippen LogP contribution in [0.25, 0.3) is 0 Å². The molecule has 2 rings (SSSR count). The van der Waals surface area contributed by atoms with Gasteiger partial charge >= 0.3 is 6.01 Å². The van der Waals surface area contributed by atoms with Crippen LogP contribution in [0.3, 0.4) is 0 Å². The van der Waals surface area contributed by atoms with Gasteiger partial charge < -0.3 is 9.64 Å². The van der Waals surface area contributed by atoms with Crippen LogP contribution in [0, 0.1) is 26.6 Å². The topological polar surface area (TPSA) is 50.6 Å². The maximum absolute atomic E-state index is 13.6. The molecule has 2 aromatic rings. The third kappa shape index (κ3) is 4.48. The van der Waals surface area contributed by atoms with Crippen molar-refractivity contribution in [2.45, 2.75) is 27.4 Å². The lowest BCUT2D eigenvalue weighted by Crippen LogP contribution is -2.08. The van der Waals surface area contributed by atoms with Crippen LogP contribution in [-0.4, -0.2) is 35.3 Å². The molecule has 0 spiro atoms. The molecule has 0 aliphatic heterocycles. The highest BCUT2D eigenvalue weighted by atomic mass is 19.1. The highest BCUT2D eigenvalue weighted by Gasteiger charge is 2.09. The highest BCUT2D eigenvalue weighted by molar-refractivity contribution is 5.59. The van der Waals surface area contributed by atoms with E-state index in [0.717, 1.165) is 22.9 Å². The van der Waals surface area contributed by atoms with Gasteiger partial charge in [0.2, 0.25) is 0 Å². The number of hydrogen-bond donors (Lipinski definition) is 0. The molecule has 0 atom stereocenters. The second-order valence-corrected chi connectivity index (χ2v) is 5.70. The van der Waals surface area contributed by atoms with E-state index in [2.05, 4.69) is 34.0 Å². The van der Waals surface area contributed by atoms with Gasteiger partial charge in [0.15, 0.2) is 11.6 Å². The average molecular weight is 316 g/mol. The summed E-state index contributed by atoms with van der Waals surface area (Å²) in [6, 6.07) is 4.31. The van der Waals surface area contributed by atoms with Crippen molar-refractivity contribution < 1.29 is 9.13 Å². The van der Waals surface area contributed by atoms with E-state index in [0.29, 0.717) is 6.61 Å². The van der Waals surface area contributed by atoms with E-state index in [1.165, 1.54) is 11.9 Å². The monoisotopic (exact) mass is 316 g/mol. The molecule has 23 heavy (non-hydrogen) atoms. The molecule has 1 heterocycles. The number of hydrogen-bond acceptors (Lipinski definition) is 4. The van der Waals surface area contributed by atoms with Crippen LogP contribution in [0.4, 0.5) is 10.2 Å². The summed E-state index contributed by atoms with van der Waals surface area (Å²) >= 11 is 0. The SMILES string of the molecule is Cc1cc(C)c(COc2ncc(F)c(/N=C/N(C)C)n2)c(C)c1. The Hall–Kier alpha value is -2.50. The summed E-state index contributed by atoms with van der Waals surface area (Å²) in [6.45, 7) is 6.47. The predicted molar refractivity (Wildman–Crippen MR) is 88.8 cm³/mol. The summed E-state index contributed by atoms with van der Waals surface area (Å²) in [5.74, 6) is -0.626. The van der Waals surface area contributed by atoms with Crippen LogP contribution < -0.4 is 4.74 Å². The number of benzene rings is 1. The Bertz CT molecular complexity index is 706. The first-order valence-corrected chi connectivity index (χ1v) is 7.29. The van der Waals surface area contributed by atoms with Gasteiger partial charge in [-0.2, -0.15) is 4.98 Å². The molecule has 0 unspecified atom stereocenters. The average Bonchev–Trinajstić information content (AvgIpc) is 2.46. The molecule has 0 radical (unpaired) electrons. The fraction of sp³-hybridized carbons (Fsp3) is 0.353. The van der Waals surface area contributed by atoms with Crippen molar-refractivity contribution in [1.82, 2.24) is 14.9 Å². The molecule has 122 valence electrons. The zero-order valence-corrected chi connectivity index (χ0v) is 14.1. The quantitative estimate of drug-likeness (QED) is 0.627. The van der Waals surface area contributed by atoms with Crippen LogP contribution in [0.5, 0.6) is 6.01 Å². The van der Waals surface area contributed by atoms with E-state index in [1.807, 2.05) is 13.8 Å². The Balaban J connectivity index is 2.17. The van der Waals surface area contributed by atoms with E-state index in [-0.39, 0.29) is 11.8 Å². The second-order valence-electron chi connectivity index (χ2n) is 5.70. The van der Waals surface area contributed by atoms with E-state index >= 15 is 0 Å². The molecular formula is C17H21FN4O. The zero-order chi connectivity index (χ0) is 17.0. The van der Waals surface area contributed by atoms with Gasteiger partial charge in [0.25, 0.3) is 0 Å². The fourth-order valence-corrected chi connectivity index (χ4v) is 2.25. The third-order valence-corrected chi connectivity index (χ3v) is 3.30.